The van der Waals surface area contributed by atoms with Gasteiger partial charge in [-0.2, -0.15) is 11.8 Å². The van der Waals surface area contributed by atoms with Gasteiger partial charge in [0.05, 0.1) is 0 Å². The Morgan fingerprint density at radius 2 is 1.90 bits per heavy atom. The average Bonchev–Trinajstić information content (AvgIpc) is 2.39. The molecule has 1 aromatic rings. The van der Waals surface area contributed by atoms with Crippen LogP contribution in [0.15, 0.2) is 18.2 Å². The smallest absolute Gasteiger partial charge is 0.329 e. The summed E-state index contributed by atoms with van der Waals surface area (Å²) in [5.41, 5.74) is 1.39. The van der Waals surface area contributed by atoms with E-state index >= 15 is 0 Å². The van der Waals surface area contributed by atoms with Crippen molar-refractivity contribution in [2.75, 3.05) is 11.5 Å². The van der Waals surface area contributed by atoms with Gasteiger partial charge in [-0.15, -0.1) is 0 Å². The predicted molar refractivity (Wildman–Crippen MR) is 80.3 cm³/mol. The SMILES string of the molecule is Cc1ccc(C(=O)NC2(C(=O)O)CCSCC2)c(C)c1. The highest BCUT2D eigenvalue weighted by Gasteiger charge is 2.41. The summed E-state index contributed by atoms with van der Waals surface area (Å²) in [4.78, 5) is 23.9. The second-order valence-electron chi connectivity index (χ2n) is 5.27. The third kappa shape index (κ3) is 2.98. The van der Waals surface area contributed by atoms with Crippen molar-refractivity contribution < 1.29 is 14.7 Å². The Morgan fingerprint density at radius 3 is 2.45 bits per heavy atom. The summed E-state index contributed by atoms with van der Waals surface area (Å²) < 4.78 is 0. The third-order valence-corrected chi connectivity index (χ3v) is 4.72. The van der Waals surface area contributed by atoms with Crippen LogP contribution in [0.2, 0.25) is 0 Å². The van der Waals surface area contributed by atoms with Gasteiger partial charge < -0.3 is 10.4 Å². The molecular formula is C15H19NO3S. The Hall–Kier alpha value is -1.49. The summed E-state index contributed by atoms with van der Waals surface area (Å²) in [7, 11) is 0. The molecule has 1 heterocycles. The number of benzene rings is 1. The molecule has 108 valence electrons. The molecule has 0 aliphatic carbocycles. The molecule has 1 amide bonds. The lowest BCUT2D eigenvalue weighted by atomic mass is 9.91. The van der Waals surface area contributed by atoms with Crippen LogP contribution in [0.1, 0.15) is 34.3 Å². The molecular weight excluding hydrogens is 274 g/mol. The number of aliphatic carboxylic acids is 1. The van der Waals surface area contributed by atoms with Gasteiger partial charge in [0, 0.05) is 5.56 Å². The normalized spacial score (nSPS) is 17.5. The van der Waals surface area contributed by atoms with Crippen LogP contribution in [-0.2, 0) is 4.79 Å². The highest BCUT2D eigenvalue weighted by Crippen LogP contribution is 2.28. The molecule has 1 saturated heterocycles. The molecule has 1 aliphatic rings. The van der Waals surface area contributed by atoms with Crippen molar-refractivity contribution in [1.29, 1.82) is 0 Å². The van der Waals surface area contributed by atoms with Gasteiger partial charge in [0.15, 0.2) is 0 Å². The summed E-state index contributed by atoms with van der Waals surface area (Å²) in [6, 6.07) is 5.55. The van der Waals surface area contributed by atoms with E-state index in [4.69, 9.17) is 0 Å². The molecule has 0 spiro atoms. The van der Waals surface area contributed by atoms with Gasteiger partial charge in [0.25, 0.3) is 5.91 Å². The monoisotopic (exact) mass is 293 g/mol. The second-order valence-corrected chi connectivity index (χ2v) is 6.50. The number of hydrogen-bond acceptors (Lipinski definition) is 3. The molecule has 4 nitrogen and oxygen atoms in total. The van der Waals surface area contributed by atoms with Crippen LogP contribution in [0.4, 0.5) is 0 Å². The van der Waals surface area contributed by atoms with E-state index in [-0.39, 0.29) is 5.91 Å². The zero-order valence-corrected chi connectivity index (χ0v) is 12.5. The van der Waals surface area contributed by atoms with Crippen molar-refractivity contribution in [2.45, 2.75) is 32.2 Å². The average molecular weight is 293 g/mol. The summed E-state index contributed by atoms with van der Waals surface area (Å²) in [5.74, 6) is 0.298. The number of carbonyl (C=O) groups is 2. The van der Waals surface area contributed by atoms with Crippen molar-refractivity contribution in [3.63, 3.8) is 0 Å². The molecule has 0 atom stereocenters. The fourth-order valence-corrected chi connectivity index (χ4v) is 3.65. The summed E-state index contributed by atoms with van der Waals surface area (Å²) in [6.45, 7) is 3.83. The molecule has 2 rings (SSSR count). The minimum absolute atomic E-state index is 0.295. The number of aryl methyl sites for hydroxylation is 2. The standard InChI is InChI=1S/C15H19NO3S/c1-10-3-4-12(11(2)9-10)13(17)16-15(14(18)19)5-7-20-8-6-15/h3-4,9H,5-8H2,1-2H3,(H,16,17)(H,18,19). The van der Waals surface area contributed by atoms with E-state index in [1.54, 1.807) is 17.8 Å². The Kier molecular flexibility index (Phi) is 4.38. The first kappa shape index (κ1) is 14.9. The van der Waals surface area contributed by atoms with Crippen LogP contribution < -0.4 is 5.32 Å². The molecule has 0 saturated carbocycles. The topological polar surface area (TPSA) is 66.4 Å². The van der Waals surface area contributed by atoms with Crippen LogP contribution in [-0.4, -0.2) is 34.0 Å². The van der Waals surface area contributed by atoms with E-state index in [2.05, 4.69) is 5.32 Å². The maximum Gasteiger partial charge on any atom is 0.329 e. The number of hydrogen-bond donors (Lipinski definition) is 2. The van der Waals surface area contributed by atoms with Crippen molar-refractivity contribution in [3.05, 3.63) is 34.9 Å². The fraction of sp³-hybridized carbons (Fsp3) is 0.467. The van der Waals surface area contributed by atoms with Crippen LogP contribution >= 0.6 is 11.8 Å². The second kappa shape index (κ2) is 5.87. The molecule has 20 heavy (non-hydrogen) atoms. The number of carboxylic acids is 1. The van der Waals surface area contributed by atoms with E-state index in [0.717, 1.165) is 22.6 Å². The van der Waals surface area contributed by atoms with Crippen LogP contribution in [0, 0.1) is 13.8 Å². The zero-order valence-electron chi connectivity index (χ0n) is 11.7. The van der Waals surface area contributed by atoms with Crippen molar-refractivity contribution in [3.8, 4) is 0 Å². The lowest BCUT2D eigenvalue weighted by Gasteiger charge is -2.33. The minimum Gasteiger partial charge on any atom is -0.480 e. The lowest BCUT2D eigenvalue weighted by Crippen LogP contribution is -2.56. The number of thioether (sulfide) groups is 1. The molecule has 1 aromatic carbocycles. The molecule has 0 radical (unpaired) electrons. The van der Waals surface area contributed by atoms with Gasteiger partial charge in [-0.3, -0.25) is 4.79 Å². The van der Waals surface area contributed by atoms with E-state index < -0.39 is 11.5 Å². The minimum atomic E-state index is -1.11. The maximum atomic E-state index is 12.4. The predicted octanol–water partition coefficient (Wildman–Crippen LogP) is 2.38. The van der Waals surface area contributed by atoms with Gasteiger partial charge in [-0.25, -0.2) is 4.79 Å². The molecule has 1 aliphatic heterocycles. The van der Waals surface area contributed by atoms with E-state index in [0.29, 0.717) is 18.4 Å². The van der Waals surface area contributed by atoms with Gasteiger partial charge in [-0.05, 0) is 49.8 Å². The van der Waals surface area contributed by atoms with Crippen molar-refractivity contribution >= 4 is 23.6 Å². The molecule has 5 heteroatoms. The Bertz CT molecular complexity index is 536. The van der Waals surface area contributed by atoms with Gasteiger partial charge in [-0.1, -0.05) is 17.7 Å². The highest BCUT2D eigenvalue weighted by molar-refractivity contribution is 7.99. The first-order valence-electron chi connectivity index (χ1n) is 6.65. The molecule has 0 bridgehead atoms. The van der Waals surface area contributed by atoms with Crippen LogP contribution in [0.25, 0.3) is 0 Å². The number of carboxylic acid groups (broad SMARTS) is 1. The molecule has 2 N–H and O–H groups in total. The fourth-order valence-electron chi connectivity index (χ4n) is 2.47. The summed E-state index contributed by atoms with van der Waals surface area (Å²) in [5, 5.41) is 12.2. The number of rotatable bonds is 3. The number of amides is 1. The Balaban J connectivity index is 2.22. The highest BCUT2D eigenvalue weighted by atomic mass is 32.2. The lowest BCUT2D eigenvalue weighted by molar-refractivity contribution is -0.144. The summed E-state index contributed by atoms with van der Waals surface area (Å²) in [6.07, 6.45) is 0.952. The molecule has 1 fully saturated rings. The van der Waals surface area contributed by atoms with Gasteiger partial charge in [0.1, 0.15) is 5.54 Å². The van der Waals surface area contributed by atoms with E-state index in [9.17, 15) is 14.7 Å². The molecule has 0 unspecified atom stereocenters. The molecule has 0 aromatic heterocycles. The van der Waals surface area contributed by atoms with Crippen LogP contribution in [0.5, 0.6) is 0 Å². The first-order valence-corrected chi connectivity index (χ1v) is 7.81. The van der Waals surface area contributed by atoms with E-state index in [1.807, 2.05) is 26.0 Å². The van der Waals surface area contributed by atoms with Gasteiger partial charge >= 0.3 is 5.97 Å². The largest absolute Gasteiger partial charge is 0.480 e. The Morgan fingerprint density at radius 1 is 1.25 bits per heavy atom. The maximum absolute atomic E-state index is 12.4. The number of nitrogens with one attached hydrogen (secondary N) is 1. The van der Waals surface area contributed by atoms with Crippen LogP contribution in [0.3, 0.4) is 0 Å². The first-order chi connectivity index (χ1) is 9.44. The third-order valence-electron chi connectivity index (χ3n) is 3.74. The van der Waals surface area contributed by atoms with E-state index in [1.165, 1.54) is 0 Å². The number of carbonyl (C=O) groups excluding carboxylic acids is 1. The van der Waals surface area contributed by atoms with Crippen molar-refractivity contribution in [1.82, 2.24) is 5.32 Å². The van der Waals surface area contributed by atoms with Crippen molar-refractivity contribution in [2.24, 2.45) is 0 Å². The Labute approximate surface area is 123 Å². The zero-order chi connectivity index (χ0) is 14.8. The quantitative estimate of drug-likeness (QED) is 0.898. The van der Waals surface area contributed by atoms with Gasteiger partial charge in [0.2, 0.25) is 0 Å². The summed E-state index contributed by atoms with van der Waals surface area (Å²) >= 11 is 1.73.